The Morgan fingerprint density at radius 3 is 2.62 bits per heavy atom. The van der Waals surface area contributed by atoms with E-state index in [1.54, 1.807) is 6.20 Å². The van der Waals surface area contributed by atoms with Crippen LogP contribution in [0.3, 0.4) is 0 Å². The monoisotopic (exact) mass is 223 g/mol. The highest BCUT2D eigenvalue weighted by atomic mass is 16.3. The zero-order valence-electron chi connectivity index (χ0n) is 9.93. The van der Waals surface area contributed by atoms with E-state index in [4.69, 9.17) is 11.5 Å². The van der Waals surface area contributed by atoms with Crippen molar-refractivity contribution in [2.24, 2.45) is 17.6 Å². The number of rotatable bonds is 5. The van der Waals surface area contributed by atoms with Crippen LogP contribution in [-0.2, 0) is 6.42 Å². The molecule has 1 aromatic rings. The molecule has 90 valence electrons. The first kappa shape index (κ1) is 12.9. The summed E-state index contributed by atoms with van der Waals surface area (Å²) in [5.41, 5.74) is 12.3. The summed E-state index contributed by atoms with van der Waals surface area (Å²) < 4.78 is 0. The molecular weight excluding hydrogens is 202 g/mol. The maximum atomic E-state index is 10.1. The molecular formula is C12H21N3O. The summed E-state index contributed by atoms with van der Waals surface area (Å²) in [6, 6.07) is 3.71. The Morgan fingerprint density at radius 2 is 2.12 bits per heavy atom. The summed E-state index contributed by atoms with van der Waals surface area (Å²) in [6.07, 6.45) is 1.70. The van der Waals surface area contributed by atoms with Gasteiger partial charge in [0.25, 0.3) is 0 Å². The fourth-order valence-electron chi connectivity index (χ4n) is 1.87. The quantitative estimate of drug-likeness (QED) is 0.689. The second-order valence-corrected chi connectivity index (χ2v) is 4.46. The third-order valence-electron chi connectivity index (χ3n) is 2.98. The van der Waals surface area contributed by atoms with E-state index in [2.05, 4.69) is 18.8 Å². The minimum absolute atomic E-state index is 0.0969. The SMILES string of the molecule is CC(C)C(CN)C(O)Cc1cccnc1N. The summed E-state index contributed by atoms with van der Waals surface area (Å²) in [6.45, 7) is 4.61. The number of nitrogens with zero attached hydrogens (tertiary/aromatic N) is 1. The Morgan fingerprint density at radius 1 is 1.44 bits per heavy atom. The molecule has 16 heavy (non-hydrogen) atoms. The average molecular weight is 223 g/mol. The van der Waals surface area contributed by atoms with Crippen molar-refractivity contribution in [3.05, 3.63) is 23.9 Å². The van der Waals surface area contributed by atoms with Crippen LogP contribution in [0, 0.1) is 11.8 Å². The van der Waals surface area contributed by atoms with Gasteiger partial charge in [-0.15, -0.1) is 0 Å². The molecule has 0 saturated heterocycles. The maximum absolute atomic E-state index is 10.1. The molecule has 0 aliphatic heterocycles. The molecule has 0 bridgehead atoms. The zero-order valence-corrected chi connectivity index (χ0v) is 9.93. The standard InChI is InChI=1S/C12H21N3O/c1-8(2)10(7-13)11(16)6-9-4-3-5-15-12(9)14/h3-5,8,10-11,16H,6-7,13H2,1-2H3,(H2,14,15). The number of hydrogen-bond donors (Lipinski definition) is 3. The molecule has 5 N–H and O–H groups in total. The van der Waals surface area contributed by atoms with Gasteiger partial charge in [0.05, 0.1) is 6.10 Å². The third-order valence-corrected chi connectivity index (χ3v) is 2.98. The first-order valence-electron chi connectivity index (χ1n) is 5.63. The minimum atomic E-state index is -0.462. The molecule has 1 aromatic heterocycles. The molecule has 2 atom stereocenters. The van der Waals surface area contributed by atoms with Crippen molar-refractivity contribution >= 4 is 5.82 Å². The van der Waals surface area contributed by atoms with Crippen LogP contribution < -0.4 is 11.5 Å². The van der Waals surface area contributed by atoms with Crippen LogP contribution in [0.2, 0.25) is 0 Å². The Bertz CT molecular complexity index is 328. The van der Waals surface area contributed by atoms with Gasteiger partial charge in [-0.2, -0.15) is 0 Å². The topological polar surface area (TPSA) is 85.2 Å². The molecule has 4 heteroatoms. The number of pyridine rings is 1. The molecule has 4 nitrogen and oxygen atoms in total. The Hall–Kier alpha value is -1.13. The van der Waals surface area contributed by atoms with E-state index in [1.165, 1.54) is 0 Å². The lowest BCUT2D eigenvalue weighted by molar-refractivity contribution is 0.0864. The van der Waals surface area contributed by atoms with Gasteiger partial charge in [-0.05, 0) is 30.0 Å². The van der Waals surface area contributed by atoms with Crippen molar-refractivity contribution in [1.82, 2.24) is 4.98 Å². The summed E-state index contributed by atoms with van der Waals surface area (Å²) in [5, 5.41) is 10.1. The normalized spacial score (nSPS) is 15.1. The van der Waals surface area contributed by atoms with Crippen LogP contribution in [0.25, 0.3) is 0 Å². The van der Waals surface area contributed by atoms with Crippen LogP contribution in [0.5, 0.6) is 0 Å². The van der Waals surface area contributed by atoms with Gasteiger partial charge in [0.1, 0.15) is 5.82 Å². The van der Waals surface area contributed by atoms with Crippen LogP contribution in [0.1, 0.15) is 19.4 Å². The lowest BCUT2D eigenvalue weighted by atomic mass is 9.87. The van der Waals surface area contributed by atoms with Gasteiger partial charge in [-0.1, -0.05) is 19.9 Å². The Balaban J connectivity index is 2.70. The van der Waals surface area contributed by atoms with E-state index in [0.717, 1.165) is 5.56 Å². The van der Waals surface area contributed by atoms with Gasteiger partial charge in [0, 0.05) is 12.6 Å². The van der Waals surface area contributed by atoms with E-state index >= 15 is 0 Å². The van der Waals surface area contributed by atoms with E-state index in [9.17, 15) is 5.11 Å². The van der Waals surface area contributed by atoms with Gasteiger partial charge in [0.15, 0.2) is 0 Å². The largest absolute Gasteiger partial charge is 0.392 e. The summed E-state index contributed by atoms with van der Waals surface area (Å²) in [7, 11) is 0. The van der Waals surface area contributed by atoms with Crippen molar-refractivity contribution in [3.8, 4) is 0 Å². The molecule has 0 spiro atoms. The average Bonchev–Trinajstić information content (AvgIpc) is 2.22. The fourth-order valence-corrected chi connectivity index (χ4v) is 1.87. The number of hydrogen-bond acceptors (Lipinski definition) is 4. The molecule has 0 aromatic carbocycles. The van der Waals surface area contributed by atoms with Gasteiger partial charge < -0.3 is 16.6 Å². The molecule has 0 aliphatic carbocycles. The van der Waals surface area contributed by atoms with Crippen molar-refractivity contribution in [1.29, 1.82) is 0 Å². The molecule has 0 radical (unpaired) electrons. The summed E-state index contributed by atoms with van der Waals surface area (Å²) >= 11 is 0. The van der Waals surface area contributed by atoms with E-state index in [0.29, 0.717) is 24.7 Å². The van der Waals surface area contributed by atoms with E-state index in [-0.39, 0.29) is 5.92 Å². The minimum Gasteiger partial charge on any atom is -0.392 e. The second-order valence-electron chi connectivity index (χ2n) is 4.46. The van der Waals surface area contributed by atoms with Crippen molar-refractivity contribution in [2.75, 3.05) is 12.3 Å². The van der Waals surface area contributed by atoms with Gasteiger partial charge in [-0.25, -0.2) is 4.98 Å². The summed E-state index contributed by atoms with van der Waals surface area (Å²) in [4.78, 5) is 4.00. The van der Waals surface area contributed by atoms with Crippen LogP contribution >= 0.6 is 0 Å². The van der Waals surface area contributed by atoms with Crippen molar-refractivity contribution in [2.45, 2.75) is 26.4 Å². The predicted octanol–water partition coefficient (Wildman–Crippen LogP) is 0.798. The predicted molar refractivity (Wildman–Crippen MR) is 65.7 cm³/mol. The van der Waals surface area contributed by atoms with Crippen LogP contribution in [-0.4, -0.2) is 22.7 Å². The van der Waals surface area contributed by atoms with Crippen molar-refractivity contribution < 1.29 is 5.11 Å². The highest BCUT2D eigenvalue weighted by molar-refractivity contribution is 5.38. The highest BCUT2D eigenvalue weighted by Gasteiger charge is 2.22. The third kappa shape index (κ3) is 3.18. The van der Waals surface area contributed by atoms with Gasteiger partial charge >= 0.3 is 0 Å². The molecule has 0 saturated carbocycles. The maximum Gasteiger partial charge on any atom is 0.126 e. The lowest BCUT2D eigenvalue weighted by Gasteiger charge is -2.25. The molecule has 0 amide bonds. The number of aliphatic hydroxyl groups is 1. The van der Waals surface area contributed by atoms with Gasteiger partial charge in [-0.3, -0.25) is 0 Å². The first-order chi connectivity index (χ1) is 7.56. The molecule has 0 aliphatic rings. The second kappa shape index (κ2) is 5.82. The van der Waals surface area contributed by atoms with E-state index in [1.807, 2.05) is 12.1 Å². The molecule has 0 fully saturated rings. The molecule has 2 unspecified atom stereocenters. The Kier molecular flexibility index (Phi) is 4.71. The Labute approximate surface area is 96.7 Å². The van der Waals surface area contributed by atoms with Crippen LogP contribution in [0.4, 0.5) is 5.82 Å². The number of anilines is 1. The number of aliphatic hydroxyl groups excluding tert-OH is 1. The number of nitrogens with two attached hydrogens (primary N) is 2. The highest BCUT2D eigenvalue weighted by Crippen LogP contribution is 2.19. The zero-order chi connectivity index (χ0) is 12.1. The summed E-state index contributed by atoms with van der Waals surface area (Å²) in [5.74, 6) is 0.943. The fraction of sp³-hybridized carbons (Fsp3) is 0.583. The molecule has 1 heterocycles. The lowest BCUT2D eigenvalue weighted by Crippen LogP contribution is -2.33. The van der Waals surface area contributed by atoms with E-state index < -0.39 is 6.10 Å². The van der Waals surface area contributed by atoms with Gasteiger partial charge in [0.2, 0.25) is 0 Å². The first-order valence-corrected chi connectivity index (χ1v) is 5.63. The molecule has 1 rings (SSSR count). The number of aromatic nitrogens is 1. The van der Waals surface area contributed by atoms with Crippen LogP contribution in [0.15, 0.2) is 18.3 Å². The number of nitrogen functional groups attached to an aromatic ring is 1. The van der Waals surface area contributed by atoms with Crippen molar-refractivity contribution in [3.63, 3.8) is 0 Å². The smallest absolute Gasteiger partial charge is 0.126 e.